The first-order valence-electron chi connectivity index (χ1n) is 6.07. The topological polar surface area (TPSA) is 81.2 Å². The van der Waals surface area contributed by atoms with Gasteiger partial charge in [-0.2, -0.15) is 0 Å². The summed E-state index contributed by atoms with van der Waals surface area (Å²) in [5.41, 5.74) is 0.394. The van der Waals surface area contributed by atoms with Gasteiger partial charge in [0.1, 0.15) is 15.8 Å². The average Bonchev–Trinajstić information content (AvgIpc) is 2.80. The Balaban J connectivity index is 2.23. The Hall–Kier alpha value is -1.99. The van der Waals surface area contributed by atoms with E-state index in [1.165, 1.54) is 23.7 Å². The van der Waals surface area contributed by atoms with Crippen LogP contribution < -0.4 is 5.32 Å². The standard InChI is InChI=1S/C13H12ClN3O3S/c1-3-20-13(19)8-4-7(2)21-12(8)17-11(18)9-5-15-6-10(14)16-9/h4-6H,3H2,1-2H3,(H,17,18). The number of thiophene rings is 1. The van der Waals surface area contributed by atoms with Crippen LogP contribution in [0.5, 0.6) is 0 Å². The molecule has 0 saturated carbocycles. The number of halogens is 1. The lowest BCUT2D eigenvalue weighted by molar-refractivity contribution is 0.0528. The maximum absolute atomic E-state index is 12.1. The van der Waals surface area contributed by atoms with E-state index in [1.54, 1.807) is 13.0 Å². The number of esters is 1. The van der Waals surface area contributed by atoms with Crippen LogP contribution in [0.1, 0.15) is 32.6 Å². The Kier molecular flexibility index (Phi) is 4.87. The van der Waals surface area contributed by atoms with Crippen molar-refractivity contribution in [2.24, 2.45) is 0 Å². The zero-order valence-electron chi connectivity index (χ0n) is 11.3. The number of rotatable bonds is 4. The SMILES string of the molecule is CCOC(=O)c1cc(C)sc1NC(=O)c1cncc(Cl)n1. The van der Waals surface area contributed by atoms with Crippen LogP contribution in [-0.4, -0.2) is 28.5 Å². The summed E-state index contributed by atoms with van der Waals surface area (Å²) in [6.45, 7) is 3.82. The number of carbonyl (C=O) groups excluding carboxylic acids is 2. The van der Waals surface area contributed by atoms with Crippen LogP contribution in [0.4, 0.5) is 5.00 Å². The number of carbonyl (C=O) groups is 2. The van der Waals surface area contributed by atoms with Gasteiger partial charge in [-0.15, -0.1) is 11.3 Å². The van der Waals surface area contributed by atoms with E-state index in [-0.39, 0.29) is 17.5 Å². The molecule has 8 heteroatoms. The van der Waals surface area contributed by atoms with Crippen molar-refractivity contribution < 1.29 is 14.3 Å². The van der Waals surface area contributed by atoms with E-state index < -0.39 is 11.9 Å². The highest BCUT2D eigenvalue weighted by Gasteiger charge is 2.19. The minimum atomic E-state index is -0.489. The lowest BCUT2D eigenvalue weighted by Gasteiger charge is -2.05. The predicted molar refractivity (Wildman–Crippen MR) is 80.0 cm³/mol. The molecule has 0 saturated heterocycles. The van der Waals surface area contributed by atoms with Gasteiger partial charge in [0.2, 0.25) is 0 Å². The van der Waals surface area contributed by atoms with Crippen LogP contribution in [-0.2, 0) is 4.74 Å². The zero-order valence-corrected chi connectivity index (χ0v) is 12.9. The second kappa shape index (κ2) is 6.64. The summed E-state index contributed by atoms with van der Waals surface area (Å²) in [7, 11) is 0. The van der Waals surface area contributed by atoms with E-state index >= 15 is 0 Å². The van der Waals surface area contributed by atoms with Crippen molar-refractivity contribution in [3.05, 3.63) is 39.7 Å². The molecule has 1 N–H and O–H groups in total. The largest absolute Gasteiger partial charge is 0.462 e. The van der Waals surface area contributed by atoms with E-state index in [9.17, 15) is 9.59 Å². The maximum atomic E-state index is 12.1. The van der Waals surface area contributed by atoms with Gasteiger partial charge in [0.25, 0.3) is 5.91 Å². The lowest BCUT2D eigenvalue weighted by Crippen LogP contribution is -2.15. The van der Waals surface area contributed by atoms with Crippen LogP contribution in [0.15, 0.2) is 18.5 Å². The molecule has 0 fully saturated rings. The molecule has 0 spiro atoms. The molecule has 0 bridgehead atoms. The second-order valence-electron chi connectivity index (χ2n) is 4.00. The smallest absolute Gasteiger partial charge is 0.341 e. The molecule has 2 rings (SSSR count). The number of ether oxygens (including phenoxy) is 1. The number of anilines is 1. The molecule has 0 aliphatic carbocycles. The third kappa shape index (κ3) is 3.77. The van der Waals surface area contributed by atoms with Crippen molar-refractivity contribution in [3.63, 3.8) is 0 Å². The molecule has 2 heterocycles. The molecule has 1 amide bonds. The molecule has 0 aliphatic rings. The van der Waals surface area contributed by atoms with Crippen molar-refractivity contribution in [3.8, 4) is 0 Å². The number of hydrogen-bond donors (Lipinski definition) is 1. The number of aromatic nitrogens is 2. The third-order valence-corrected chi connectivity index (χ3v) is 3.56. The second-order valence-corrected chi connectivity index (χ2v) is 5.65. The van der Waals surface area contributed by atoms with Crippen LogP contribution in [0, 0.1) is 6.92 Å². The highest BCUT2D eigenvalue weighted by atomic mass is 35.5. The minimum Gasteiger partial charge on any atom is -0.462 e. The van der Waals surface area contributed by atoms with Crippen molar-refractivity contribution >= 4 is 39.8 Å². The molecule has 21 heavy (non-hydrogen) atoms. The zero-order chi connectivity index (χ0) is 15.4. The van der Waals surface area contributed by atoms with E-state index in [0.29, 0.717) is 10.6 Å². The fraction of sp³-hybridized carbons (Fsp3) is 0.231. The van der Waals surface area contributed by atoms with E-state index in [1.807, 2.05) is 6.92 Å². The summed E-state index contributed by atoms with van der Waals surface area (Å²) in [6, 6.07) is 1.67. The first-order valence-corrected chi connectivity index (χ1v) is 7.27. The summed E-state index contributed by atoms with van der Waals surface area (Å²) >= 11 is 6.98. The summed E-state index contributed by atoms with van der Waals surface area (Å²) in [6.07, 6.45) is 2.63. The summed E-state index contributed by atoms with van der Waals surface area (Å²) in [4.78, 5) is 32.5. The molecule has 0 aromatic carbocycles. The van der Waals surface area contributed by atoms with E-state index in [0.717, 1.165) is 4.88 Å². The van der Waals surface area contributed by atoms with E-state index in [2.05, 4.69) is 15.3 Å². The fourth-order valence-electron chi connectivity index (χ4n) is 1.59. The van der Waals surface area contributed by atoms with Crippen LogP contribution in [0.3, 0.4) is 0 Å². The number of aryl methyl sites for hydroxylation is 1. The fourth-order valence-corrected chi connectivity index (χ4v) is 2.63. The Morgan fingerprint density at radius 3 is 2.86 bits per heavy atom. The van der Waals surface area contributed by atoms with Crippen LogP contribution >= 0.6 is 22.9 Å². The number of hydrogen-bond acceptors (Lipinski definition) is 6. The molecular weight excluding hydrogens is 314 g/mol. The van der Waals surface area contributed by atoms with Crippen molar-refractivity contribution in [1.82, 2.24) is 9.97 Å². The van der Waals surface area contributed by atoms with Gasteiger partial charge in [-0.3, -0.25) is 9.78 Å². The first-order chi connectivity index (χ1) is 10.0. The molecule has 6 nitrogen and oxygen atoms in total. The monoisotopic (exact) mass is 325 g/mol. The van der Waals surface area contributed by atoms with Gasteiger partial charge < -0.3 is 10.1 Å². The Morgan fingerprint density at radius 2 is 2.19 bits per heavy atom. The van der Waals surface area contributed by atoms with Gasteiger partial charge in [-0.1, -0.05) is 11.6 Å². The highest BCUT2D eigenvalue weighted by molar-refractivity contribution is 7.16. The summed E-state index contributed by atoms with van der Waals surface area (Å²) < 4.78 is 4.96. The average molecular weight is 326 g/mol. The molecule has 0 atom stereocenters. The van der Waals surface area contributed by atoms with Gasteiger partial charge in [0, 0.05) is 4.88 Å². The Morgan fingerprint density at radius 1 is 1.43 bits per heavy atom. The number of nitrogens with zero attached hydrogens (tertiary/aromatic N) is 2. The Labute approximate surface area is 130 Å². The number of nitrogens with one attached hydrogen (secondary N) is 1. The molecule has 0 aliphatic heterocycles. The predicted octanol–water partition coefficient (Wildman–Crippen LogP) is 2.93. The van der Waals surface area contributed by atoms with Gasteiger partial charge >= 0.3 is 5.97 Å². The van der Waals surface area contributed by atoms with Crippen LogP contribution in [0.2, 0.25) is 5.15 Å². The lowest BCUT2D eigenvalue weighted by atomic mass is 10.3. The normalized spacial score (nSPS) is 10.2. The molecule has 2 aromatic rings. The van der Waals surface area contributed by atoms with Crippen molar-refractivity contribution in [2.45, 2.75) is 13.8 Å². The van der Waals surface area contributed by atoms with Gasteiger partial charge in [0.05, 0.1) is 24.6 Å². The van der Waals surface area contributed by atoms with Crippen molar-refractivity contribution in [1.29, 1.82) is 0 Å². The van der Waals surface area contributed by atoms with Gasteiger partial charge in [0.15, 0.2) is 0 Å². The minimum absolute atomic E-state index is 0.0726. The first kappa shape index (κ1) is 15.4. The van der Waals surface area contributed by atoms with Gasteiger partial charge in [-0.05, 0) is 19.9 Å². The molecule has 0 unspecified atom stereocenters. The molecular formula is C13H12ClN3O3S. The maximum Gasteiger partial charge on any atom is 0.341 e. The molecule has 2 aromatic heterocycles. The quantitative estimate of drug-likeness (QED) is 0.874. The summed E-state index contributed by atoms with van der Waals surface area (Å²) in [5, 5.41) is 3.17. The van der Waals surface area contributed by atoms with Crippen LogP contribution in [0.25, 0.3) is 0 Å². The van der Waals surface area contributed by atoms with Gasteiger partial charge in [-0.25, -0.2) is 9.78 Å². The number of amides is 1. The molecule has 0 radical (unpaired) electrons. The van der Waals surface area contributed by atoms with E-state index in [4.69, 9.17) is 16.3 Å². The Bertz CT molecular complexity index is 687. The third-order valence-electron chi connectivity index (χ3n) is 2.42. The highest BCUT2D eigenvalue weighted by Crippen LogP contribution is 2.28. The molecule has 110 valence electrons. The summed E-state index contributed by atoms with van der Waals surface area (Å²) in [5.74, 6) is -0.966. The van der Waals surface area contributed by atoms with Crippen molar-refractivity contribution in [2.75, 3.05) is 11.9 Å².